The van der Waals surface area contributed by atoms with Gasteiger partial charge in [0.2, 0.25) is 5.96 Å². The second kappa shape index (κ2) is 6.45. The first-order valence-corrected chi connectivity index (χ1v) is 7.86. The Morgan fingerprint density at radius 2 is 2.00 bits per heavy atom. The van der Waals surface area contributed by atoms with Crippen LogP contribution in [-0.4, -0.2) is 13.1 Å². The van der Waals surface area contributed by atoms with Crippen molar-refractivity contribution in [1.29, 1.82) is 0 Å². The first-order valence-electron chi connectivity index (χ1n) is 6.71. The van der Waals surface area contributed by atoms with Crippen LogP contribution < -0.4 is 15.4 Å². The number of guanidine groups is 1. The quantitative estimate of drug-likeness (QED) is 0.704. The summed E-state index contributed by atoms with van der Waals surface area (Å²) in [6.45, 7) is 0. The summed E-state index contributed by atoms with van der Waals surface area (Å²) in [5.41, 5.74) is -0.268. The molecular formula is C15H11ClF3N3OS. The van der Waals surface area contributed by atoms with Crippen LogP contribution in [0.2, 0.25) is 5.02 Å². The lowest BCUT2D eigenvalue weighted by molar-refractivity contribution is -0.136. The van der Waals surface area contributed by atoms with Crippen molar-refractivity contribution in [1.82, 2.24) is 0 Å². The predicted molar refractivity (Wildman–Crippen MR) is 90.0 cm³/mol. The molecular weight excluding hydrogens is 363 g/mol. The molecule has 2 N–H and O–H groups in total. The van der Waals surface area contributed by atoms with Gasteiger partial charge in [-0.3, -0.25) is 0 Å². The molecule has 0 unspecified atom stereocenters. The molecule has 0 bridgehead atoms. The molecule has 1 aliphatic rings. The van der Waals surface area contributed by atoms with Crippen LogP contribution in [0.3, 0.4) is 0 Å². The van der Waals surface area contributed by atoms with Gasteiger partial charge in [0.25, 0.3) is 0 Å². The largest absolute Gasteiger partial charge is 0.494 e. The van der Waals surface area contributed by atoms with E-state index in [0.29, 0.717) is 21.4 Å². The van der Waals surface area contributed by atoms with Crippen molar-refractivity contribution in [3.8, 4) is 5.75 Å². The molecule has 0 spiro atoms. The van der Waals surface area contributed by atoms with E-state index >= 15 is 0 Å². The van der Waals surface area contributed by atoms with Gasteiger partial charge in [0, 0.05) is 23.0 Å². The van der Waals surface area contributed by atoms with E-state index in [1.165, 1.54) is 25.3 Å². The van der Waals surface area contributed by atoms with Gasteiger partial charge in [0.1, 0.15) is 5.75 Å². The molecule has 0 aromatic heterocycles. The van der Waals surface area contributed by atoms with E-state index in [9.17, 15) is 13.2 Å². The summed E-state index contributed by atoms with van der Waals surface area (Å²) in [4.78, 5) is 0.717. The van der Waals surface area contributed by atoms with Crippen LogP contribution in [0, 0.1) is 0 Å². The van der Waals surface area contributed by atoms with E-state index in [-0.39, 0.29) is 11.6 Å². The minimum absolute atomic E-state index is 0.0896. The second-order valence-electron chi connectivity index (χ2n) is 4.81. The molecule has 0 aliphatic carbocycles. The topological polar surface area (TPSA) is 45.6 Å². The van der Waals surface area contributed by atoms with Gasteiger partial charge in [0.05, 0.1) is 28.9 Å². The number of alkyl halides is 3. The number of ether oxygens (including phenoxy) is 1. The van der Waals surface area contributed by atoms with Crippen LogP contribution in [0.5, 0.6) is 5.75 Å². The molecule has 2 aromatic rings. The van der Waals surface area contributed by atoms with E-state index in [1.807, 2.05) is 0 Å². The molecule has 0 radical (unpaired) electrons. The number of nitrogens with one attached hydrogen (secondary N) is 2. The fraction of sp³-hybridized carbons (Fsp3) is 0.133. The lowest BCUT2D eigenvalue weighted by Crippen LogP contribution is -2.25. The third kappa shape index (κ3) is 3.39. The minimum Gasteiger partial charge on any atom is -0.494 e. The van der Waals surface area contributed by atoms with Crippen molar-refractivity contribution in [3.63, 3.8) is 0 Å². The highest BCUT2D eigenvalue weighted by Crippen LogP contribution is 2.41. The normalized spacial score (nSPS) is 13.6. The highest BCUT2D eigenvalue weighted by Gasteiger charge is 2.33. The smallest absolute Gasteiger partial charge is 0.418 e. The summed E-state index contributed by atoms with van der Waals surface area (Å²) < 4.78 is 48.6. The summed E-state index contributed by atoms with van der Waals surface area (Å²) in [5, 5.41) is 6.09. The molecule has 126 valence electrons. The molecule has 0 atom stereocenters. The minimum atomic E-state index is -4.46. The fourth-order valence-electron chi connectivity index (χ4n) is 2.17. The Morgan fingerprint density at radius 1 is 1.25 bits per heavy atom. The number of halogens is 4. The lowest BCUT2D eigenvalue weighted by Gasteiger charge is -2.22. The zero-order valence-corrected chi connectivity index (χ0v) is 13.8. The van der Waals surface area contributed by atoms with Crippen molar-refractivity contribution in [3.05, 3.63) is 47.0 Å². The molecule has 1 aliphatic heterocycles. The Labute approximate surface area is 145 Å². The number of benzene rings is 2. The summed E-state index contributed by atoms with van der Waals surface area (Å²) in [7, 11) is 1.48. The summed E-state index contributed by atoms with van der Waals surface area (Å²) in [6.07, 6.45) is -4.46. The number of rotatable bonds is 2. The number of para-hydroxylation sites is 1. The van der Waals surface area contributed by atoms with E-state index in [4.69, 9.17) is 16.3 Å². The van der Waals surface area contributed by atoms with Crippen LogP contribution in [0.15, 0.2) is 45.7 Å². The number of anilines is 2. The summed E-state index contributed by atoms with van der Waals surface area (Å²) >= 11 is 7.08. The van der Waals surface area contributed by atoms with Crippen LogP contribution in [0.1, 0.15) is 5.56 Å². The van der Waals surface area contributed by atoms with Gasteiger partial charge in [-0.25, -0.2) is 0 Å². The third-order valence-corrected chi connectivity index (χ3v) is 4.23. The molecule has 24 heavy (non-hydrogen) atoms. The lowest BCUT2D eigenvalue weighted by atomic mass is 10.1. The fourth-order valence-corrected chi connectivity index (χ4v) is 3.15. The zero-order chi connectivity index (χ0) is 17.3. The van der Waals surface area contributed by atoms with E-state index in [0.717, 1.165) is 18.0 Å². The molecule has 3 rings (SSSR count). The van der Waals surface area contributed by atoms with Gasteiger partial charge in [-0.05, 0) is 18.2 Å². The molecule has 0 fully saturated rings. The molecule has 9 heteroatoms. The van der Waals surface area contributed by atoms with E-state index < -0.39 is 11.7 Å². The second-order valence-corrected chi connectivity index (χ2v) is 6.05. The predicted octanol–water partition coefficient (Wildman–Crippen LogP) is 5.27. The summed E-state index contributed by atoms with van der Waals surface area (Å²) in [6, 6.07) is 8.50. The van der Waals surface area contributed by atoms with Crippen LogP contribution in [-0.2, 0) is 6.18 Å². The van der Waals surface area contributed by atoms with Gasteiger partial charge in [0.15, 0.2) is 0 Å². The van der Waals surface area contributed by atoms with Gasteiger partial charge < -0.3 is 15.4 Å². The van der Waals surface area contributed by atoms with Gasteiger partial charge >= 0.3 is 6.18 Å². The molecule has 4 nitrogen and oxygen atoms in total. The Morgan fingerprint density at radius 3 is 2.71 bits per heavy atom. The number of fused-ring (bicyclic) bond motifs is 1. The first-order chi connectivity index (χ1) is 11.4. The number of hydrogen-bond donors (Lipinski definition) is 2. The highest BCUT2D eigenvalue weighted by molar-refractivity contribution is 7.98. The zero-order valence-electron chi connectivity index (χ0n) is 12.2. The standard InChI is InChI=1S/C15H11ClF3N3OS/c1-23-11-6-8(16)7-12-13(11)21-14(22-24-12)20-10-5-3-2-4-9(10)15(17,18)19/h2-7H,1H3,(H2,20,21,22). The Hall–Kier alpha value is -2.06. The maximum Gasteiger partial charge on any atom is 0.418 e. The van der Waals surface area contributed by atoms with Crippen molar-refractivity contribution in [2.45, 2.75) is 11.1 Å². The number of methoxy groups -OCH3 is 1. The van der Waals surface area contributed by atoms with Crippen LogP contribution in [0.4, 0.5) is 24.5 Å². The van der Waals surface area contributed by atoms with Crippen molar-refractivity contribution < 1.29 is 17.9 Å². The molecule has 2 aromatic carbocycles. The maximum absolute atomic E-state index is 13.1. The molecule has 0 amide bonds. The average molecular weight is 374 g/mol. The summed E-state index contributed by atoms with van der Waals surface area (Å²) in [5.74, 6) is 0.646. The Bertz CT molecular complexity index is 811. The third-order valence-electron chi connectivity index (χ3n) is 3.21. The maximum atomic E-state index is 13.1. The van der Waals surface area contributed by atoms with Crippen LogP contribution in [0.25, 0.3) is 0 Å². The van der Waals surface area contributed by atoms with E-state index in [2.05, 4.69) is 15.0 Å². The van der Waals surface area contributed by atoms with Crippen LogP contribution >= 0.6 is 23.5 Å². The average Bonchev–Trinajstić information content (AvgIpc) is 2.54. The molecule has 0 saturated heterocycles. The van der Waals surface area contributed by atoms with Gasteiger partial charge in [-0.15, -0.1) is 0 Å². The van der Waals surface area contributed by atoms with Crippen molar-refractivity contribution in [2.75, 3.05) is 17.7 Å². The van der Waals surface area contributed by atoms with E-state index in [1.54, 1.807) is 12.1 Å². The number of hydrogen-bond acceptors (Lipinski definition) is 5. The highest BCUT2D eigenvalue weighted by atomic mass is 35.5. The molecule has 1 heterocycles. The number of nitrogens with zero attached hydrogens (tertiary/aromatic N) is 1. The van der Waals surface area contributed by atoms with Crippen molar-refractivity contribution in [2.24, 2.45) is 4.40 Å². The molecule has 0 saturated carbocycles. The van der Waals surface area contributed by atoms with Crippen molar-refractivity contribution >= 4 is 40.9 Å². The van der Waals surface area contributed by atoms with Gasteiger partial charge in [-0.1, -0.05) is 23.7 Å². The van der Waals surface area contributed by atoms with Gasteiger partial charge in [-0.2, -0.15) is 17.6 Å². The first kappa shape index (κ1) is 16.8. The monoisotopic (exact) mass is 373 g/mol. The Balaban J connectivity index is 1.89. The SMILES string of the molecule is COc1cc(Cl)cc2c1NC(Nc1ccccc1C(F)(F)F)=NS2. The Kier molecular flexibility index (Phi) is 4.51.